The van der Waals surface area contributed by atoms with E-state index in [1.54, 1.807) is 0 Å². The average Bonchev–Trinajstić information content (AvgIpc) is 3.05. The highest BCUT2D eigenvalue weighted by Crippen LogP contribution is 2.28. The second-order valence-corrected chi connectivity index (χ2v) is 6.22. The predicted octanol–water partition coefficient (Wildman–Crippen LogP) is 5.47. The van der Waals surface area contributed by atoms with Gasteiger partial charge in [0.25, 0.3) is 0 Å². The van der Waals surface area contributed by atoms with Gasteiger partial charge in [-0.3, -0.25) is 4.79 Å². The summed E-state index contributed by atoms with van der Waals surface area (Å²) in [5, 5.41) is -0.387. The van der Waals surface area contributed by atoms with Gasteiger partial charge in [0.2, 0.25) is 11.1 Å². The Bertz CT molecular complexity index is 1050. The molecular weight excluding hydrogens is 334 g/mol. The Morgan fingerprint density at radius 1 is 0.880 bits per heavy atom. The van der Waals surface area contributed by atoms with Crippen LogP contribution in [0.5, 0.6) is 0 Å². The lowest BCUT2D eigenvalue weighted by Crippen LogP contribution is -1.93. The third-order valence-electron chi connectivity index (χ3n) is 4.01. The van der Waals surface area contributed by atoms with E-state index in [4.69, 9.17) is 16.0 Å². The molecule has 1 aromatic heterocycles. The quantitative estimate of drug-likeness (QED) is 0.460. The summed E-state index contributed by atoms with van der Waals surface area (Å²) in [6.07, 6.45) is 0.188. The van der Waals surface area contributed by atoms with Crippen molar-refractivity contribution in [1.82, 2.24) is 4.98 Å². The molecule has 0 N–H and O–H groups in total. The molecule has 4 aromatic rings. The number of carbonyl (C=O) groups is 1. The second kappa shape index (κ2) is 6.54. The molecule has 0 radical (unpaired) electrons. The number of benzene rings is 3. The largest absolute Gasteiger partial charge is 0.436 e. The molecule has 0 aliphatic carbocycles. The Morgan fingerprint density at radius 3 is 2.48 bits per heavy atom. The first-order valence-corrected chi connectivity index (χ1v) is 8.30. The summed E-state index contributed by atoms with van der Waals surface area (Å²) >= 11 is 5.47. The summed E-state index contributed by atoms with van der Waals surface area (Å²) in [6.45, 7) is 0. The van der Waals surface area contributed by atoms with Crippen molar-refractivity contribution in [3.8, 4) is 22.6 Å². The smallest absolute Gasteiger partial charge is 0.227 e. The Labute approximate surface area is 149 Å². The Balaban J connectivity index is 1.73. The normalized spacial score (nSPS) is 10.9. The molecule has 0 saturated heterocycles. The van der Waals surface area contributed by atoms with Gasteiger partial charge in [-0.1, -0.05) is 48.5 Å². The van der Waals surface area contributed by atoms with E-state index in [-0.39, 0.29) is 11.7 Å². The van der Waals surface area contributed by atoms with Gasteiger partial charge in [0.15, 0.2) is 5.58 Å². The number of oxazole rings is 1. The van der Waals surface area contributed by atoms with Crippen LogP contribution in [-0.4, -0.2) is 10.2 Å². The summed E-state index contributed by atoms with van der Waals surface area (Å²) in [5.41, 5.74) is 5.42. The summed E-state index contributed by atoms with van der Waals surface area (Å²) in [7, 11) is 0. The highest BCUT2D eigenvalue weighted by Gasteiger charge is 2.10. The van der Waals surface area contributed by atoms with Gasteiger partial charge in [0, 0.05) is 12.0 Å². The van der Waals surface area contributed by atoms with Crippen LogP contribution in [0.2, 0.25) is 0 Å². The van der Waals surface area contributed by atoms with Crippen LogP contribution >= 0.6 is 11.6 Å². The Hall–Kier alpha value is -2.91. The number of rotatable bonds is 4. The van der Waals surface area contributed by atoms with E-state index in [1.807, 2.05) is 60.7 Å². The maximum Gasteiger partial charge on any atom is 0.227 e. The van der Waals surface area contributed by atoms with Crippen molar-refractivity contribution in [2.75, 3.05) is 0 Å². The fourth-order valence-corrected chi connectivity index (χ4v) is 2.99. The fraction of sp³-hybridized carbons (Fsp3) is 0.0476. The van der Waals surface area contributed by atoms with Crippen LogP contribution < -0.4 is 0 Å². The molecule has 3 nitrogen and oxygen atoms in total. The first kappa shape index (κ1) is 15.6. The van der Waals surface area contributed by atoms with Crippen molar-refractivity contribution in [3.05, 3.63) is 78.4 Å². The van der Waals surface area contributed by atoms with Crippen molar-refractivity contribution in [3.63, 3.8) is 0 Å². The molecule has 0 spiro atoms. The lowest BCUT2D eigenvalue weighted by atomic mass is 10.1. The molecule has 0 atom stereocenters. The first-order chi connectivity index (χ1) is 12.2. The Kier molecular flexibility index (Phi) is 4.08. The van der Waals surface area contributed by atoms with Crippen molar-refractivity contribution in [2.24, 2.45) is 0 Å². The Morgan fingerprint density at radius 2 is 1.68 bits per heavy atom. The van der Waals surface area contributed by atoms with Crippen LogP contribution in [0.3, 0.4) is 0 Å². The zero-order valence-corrected chi connectivity index (χ0v) is 14.0. The molecule has 0 amide bonds. The number of halogens is 1. The summed E-state index contributed by atoms with van der Waals surface area (Å²) in [4.78, 5) is 15.7. The number of hydrogen-bond acceptors (Lipinski definition) is 3. The summed E-state index contributed by atoms with van der Waals surface area (Å²) in [5.74, 6) is 0.532. The monoisotopic (exact) mass is 347 g/mol. The predicted molar refractivity (Wildman–Crippen MR) is 99.4 cm³/mol. The standard InChI is InChI=1S/C21H14ClNO2/c22-20(24)12-14-5-4-8-17(11-14)21-23-18-13-16(9-10-19(18)25-21)15-6-2-1-3-7-15/h1-11,13H,12H2. The van der Waals surface area contributed by atoms with Gasteiger partial charge >= 0.3 is 0 Å². The van der Waals surface area contributed by atoms with Gasteiger partial charge in [-0.2, -0.15) is 0 Å². The van der Waals surface area contributed by atoms with Crippen LogP contribution in [-0.2, 0) is 11.2 Å². The maximum absolute atomic E-state index is 11.1. The molecule has 0 unspecified atom stereocenters. The van der Waals surface area contributed by atoms with E-state index in [9.17, 15) is 4.79 Å². The van der Waals surface area contributed by atoms with E-state index in [1.165, 1.54) is 0 Å². The van der Waals surface area contributed by atoms with Gasteiger partial charge in [-0.05, 0) is 52.6 Å². The van der Waals surface area contributed by atoms with Crippen molar-refractivity contribution in [1.29, 1.82) is 0 Å². The minimum absolute atomic E-state index is 0.188. The molecule has 0 bridgehead atoms. The van der Waals surface area contributed by atoms with Crippen LogP contribution in [0.1, 0.15) is 5.56 Å². The van der Waals surface area contributed by atoms with E-state index < -0.39 is 0 Å². The molecule has 0 fully saturated rings. The number of fused-ring (bicyclic) bond motifs is 1. The molecule has 0 saturated carbocycles. The average molecular weight is 348 g/mol. The molecule has 122 valence electrons. The molecule has 3 aromatic carbocycles. The maximum atomic E-state index is 11.1. The molecule has 0 aliphatic heterocycles. The van der Waals surface area contributed by atoms with Crippen molar-refractivity contribution < 1.29 is 9.21 Å². The van der Waals surface area contributed by atoms with Crippen LogP contribution in [0, 0.1) is 0 Å². The lowest BCUT2D eigenvalue weighted by Gasteiger charge is -1.99. The summed E-state index contributed by atoms with van der Waals surface area (Å²) < 4.78 is 5.88. The van der Waals surface area contributed by atoms with Gasteiger partial charge in [-0.15, -0.1) is 0 Å². The topological polar surface area (TPSA) is 43.1 Å². The number of carbonyl (C=O) groups excluding carboxylic acids is 1. The lowest BCUT2D eigenvalue weighted by molar-refractivity contribution is -0.111. The zero-order chi connectivity index (χ0) is 17.2. The molecule has 1 heterocycles. The summed E-state index contributed by atoms with van der Waals surface area (Å²) in [6, 6.07) is 23.6. The second-order valence-electron chi connectivity index (χ2n) is 5.80. The van der Waals surface area contributed by atoms with Crippen molar-refractivity contribution >= 4 is 27.9 Å². The highest BCUT2D eigenvalue weighted by atomic mass is 35.5. The number of nitrogens with zero attached hydrogens (tertiary/aromatic N) is 1. The van der Waals surface area contributed by atoms with E-state index in [2.05, 4.69) is 17.1 Å². The molecular formula is C21H14ClNO2. The first-order valence-electron chi connectivity index (χ1n) is 7.93. The minimum atomic E-state index is -0.387. The fourth-order valence-electron chi connectivity index (χ4n) is 2.84. The van der Waals surface area contributed by atoms with Crippen LogP contribution in [0.25, 0.3) is 33.7 Å². The molecule has 25 heavy (non-hydrogen) atoms. The van der Waals surface area contributed by atoms with E-state index in [0.717, 1.165) is 33.4 Å². The van der Waals surface area contributed by atoms with Crippen LogP contribution in [0.4, 0.5) is 0 Å². The van der Waals surface area contributed by atoms with Gasteiger partial charge in [-0.25, -0.2) is 4.98 Å². The number of aromatic nitrogens is 1. The van der Waals surface area contributed by atoms with Crippen LogP contribution in [0.15, 0.2) is 77.2 Å². The third-order valence-corrected chi connectivity index (χ3v) is 4.15. The molecule has 0 aliphatic rings. The van der Waals surface area contributed by atoms with Gasteiger partial charge in [0.05, 0.1) is 0 Å². The van der Waals surface area contributed by atoms with Gasteiger partial charge in [0.1, 0.15) is 5.52 Å². The SMILES string of the molecule is O=C(Cl)Cc1cccc(-c2nc3cc(-c4ccccc4)ccc3o2)c1. The van der Waals surface area contributed by atoms with Gasteiger partial charge < -0.3 is 4.42 Å². The number of hydrogen-bond donors (Lipinski definition) is 0. The van der Waals surface area contributed by atoms with Crippen molar-refractivity contribution in [2.45, 2.75) is 6.42 Å². The third kappa shape index (κ3) is 3.32. The highest BCUT2D eigenvalue weighted by molar-refractivity contribution is 6.63. The van der Waals surface area contributed by atoms with E-state index in [0.29, 0.717) is 5.89 Å². The molecule has 4 rings (SSSR count). The van der Waals surface area contributed by atoms with E-state index >= 15 is 0 Å². The minimum Gasteiger partial charge on any atom is -0.436 e. The zero-order valence-electron chi connectivity index (χ0n) is 13.3. The molecule has 4 heteroatoms.